The summed E-state index contributed by atoms with van der Waals surface area (Å²) in [6, 6.07) is -3.80. The Labute approximate surface area is 82.0 Å². The summed E-state index contributed by atoms with van der Waals surface area (Å²) in [5.74, 6) is 0. The number of rotatable bonds is 0. The normalized spacial score (nSPS) is 25.6. The van der Waals surface area contributed by atoms with Crippen LogP contribution in [-0.2, 0) is 4.74 Å². The Bertz CT molecular complexity index is 248. The number of ether oxygens (including phenoxy) is 1. The largest absolute Gasteiger partial charge is 0.444 e. The molecule has 1 saturated heterocycles. The molecule has 0 spiro atoms. The number of carbonyl (C=O) groups excluding carboxylic acids is 1. The summed E-state index contributed by atoms with van der Waals surface area (Å²) in [5, 5.41) is 0. The van der Waals surface area contributed by atoms with E-state index < -0.39 is 30.2 Å². The first kappa shape index (κ1) is 11.2. The third-order valence-electron chi connectivity index (χ3n) is 1.79. The highest BCUT2D eigenvalue weighted by Gasteiger charge is 2.55. The van der Waals surface area contributed by atoms with Crippen LogP contribution >= 0.6 is 0 Å². The maximum atomic E-state index is 12.9. The lowest BCUT2D eigenvalue weighted by atomic mass is 10.0. The summed E-state index contributed by atoms with van der Waals surface area (Å²) in [7, 11) is 0. The van der Waals surface area contributed by atoms with Crippen LogP contribution in [0.25, 0.3) is 0 Å². The summed E-state index contributed by atoms with van der Waals surface area (Å²) >= 11 is 0. The molecule has 0 aromatic rings. The predicted molar refractivity (Wildman–Crippen MR) is 46.8 cm³/mol. The zero-order valence-corrected chi connectivity index (χ0v) is 8.51. The van der Waals surface area contributed by atoms with Gasteiger partial charge < -0.3 is 4.74 Å². The van der Waals surface area contributed by atoms with Gasteiger partial charge in [-0.25, -0.2) is 9.69 Å². The van der Waals surface area contributed by atoms with E-state index in [4.69, 9.17) is 4.74 Å². The summed E-state index contributed by atoms with van der Waals surface area (Å²) in [4.78, 5) is 11.6. The molecule has 0 aromatic heterocycles. The van der Waals surface area contributed by atoms with Crippen molar-refractivity contribution in [1.29, 1.82) is 0 Å². The fourth-order valence-electron chi connectivity index (χ4n) is 1.22. The molecule has 0 aliphatic carbocycles. The fraction of sp³-hybridized carbons (Fsp3) is 0.778. The maximum Gasteiger partial charge on any atom is 0.415 e. The fourth-order valence-corrected chi connectivity index (χ4v) is 1.22. The van der Waals surface area contributed by atoms with Gasteiger partial charge in [0, 0.05) is 6.04 Å². The summed E-state index contributed by atoms with van der Waals surface area (Å²) in [6.07, 6.45) is -1.40. The number of hydrogen-bond acceptors (Lipinski definition) is 2. The van der Waals surface area contributed by atoms with Gasteiger partial charge in [-0.2, -0.15) is 8.78 Å². The van der Waals surface area contributed by atoms with Gasteiger partial charge in [0.05, 0.1) is 6.42 Å². The van der Waals surface area contributed by atoms with E-state index in [0.717, 1.165) is 0 Å². The Balaban J connectivity index is 2.62. The van der Waals surface area contributed by atoms with E-state index in [0.29, 0.717) is 4.90 Å². The van der Waals surface area contributed by atoms with Crippen molar-refractivity contribution in [2.24, 2.45) is 0 Å². The first-order valence-corrected chi connectivity index (χ1v) is 4.37. The van der Waals surface area contributed by atoms with Gasteiger partial charge in [-0.1, -0.05) is 0 Å². The minimum atomic E-state index is -3.10. The summed E-state index contributed by atoms with van der Waals surface area (Å²) < 4.78 is 30.5. The van der Waals surface area contributed by atoms with Crippen LogP contribution in [0.15, 0.2) is 0 Å². The SMILES string of the molecule is [CH2]C1CC(F)(F)N1C(=O)OC(C)(C)C. The van der Waals surface area contributed by atoms with Gasteiger partial charge >= 0.3 is 12.1 Å². The van der Waals surface area contributed by atoms with Gasteiger partial charge in [0.15, 0.2) is 0 Å². The molecule has 5 heteroatoms. The van der Waals surface area contributed by atoms with Crippen LogP contribution in [0.2, 0.25) is 0 Å². The van der Waals surface area contributed by atoms with Gasteiger partial charge in [-0.15, -0.1) is 0 Å². The average molecular weight is 206 g/mol. The van der Waals surface area contributed by atoms with Crippen molar-refractivity contribution < 1.29 is 18.3 Å². The molecular formula is C9H14F2NO2. The van der Waals surface area contributed by atoms with E-state index in [1.807, 2.05) is 0 Å². The van der Waals surface area contributed by atoms with Gasteiger partial charge in [0.2, 0.25) is 0 Å². The molecule has 1 rings (SSSR count). The molecule has 1 heterocycles. The van der Waals surface area contributed by atoms with Crippen molar-refractivity contribution in [3.8, 4) is 0 Å². The minimum absolute atomic E-state index is 0.373. The van der Waals surface area contributed by atoms with Crippen molar-refractivity contribution >= 4 is 6.09 Å². The molecule has 1 aliphatic heterocycles. The molecule has 1 amide bonds. The number of amides is 1. The number of alkyl halides is 2. The molecule has 1 atom stereocenters. The molecule has 1 aliphatic rings. The van der Waals surface area contributed by atoms with E-state index in [-0.39, 0.29) is 0 Å². The van der Waals surface area contributed by atoms with Crippen molar-refractivity contribution in [2.75, 3.05) is 0 Å². The lowest BCUT2D eigenvalue weighted by Crippen LogP contribution is -2.63. The van der Waals surface area contributed by atoms with Crippen LogP contribution in [0, 0.1) is 6.92 Å². The van der Waals surface area contributed by atoms with Crippen LogP contribution in [0.4, 0.5) is 13.6 Å². The lowest BCUT2D eigenvalue weighted by molar-refractivity contribution is -0.222. The van der Waals surface area contributed by atoms with Gasteiger partial charge in [-0.05, 0) is 27.7 Å². The molecule has 3 nitrogen and oxygen atoms in total. The molecule has 81 valence electrons. The molecular weight excluding hydrogens is 192 g/mol. The minimum Gasteiger partial charge on any atom is -0.444 e. The topological polar surface area (TPSA) is 29.5 Å². The van der Waals surface area contributed by atoms with Crippen LogP contribution in [0.1, 0.15) is 27.2 Å². The summed E-state index contributed by atoms with van der Waals surface area (Å²) in [5.41, 5.74) is -0.761. The Kier molecular flexibility index (Phi) is 2.46. The van der Waals surface area contributed by atoms with Crippen molar-refractivity contribution in [1.82, 2.24) is 4.90 Å². The van der Waals surface area contributed by atoms with E-state index in [2.05, 4.69) is 6.92 Å². The lowest BCUT2D eigenvalue weighted by Gasteiger charge is -2.45. The van der Waals surface area contributed by atoms with E-state index >= 15 is 0 Å². The first-order valence-electron chi connectivity index (χ1n) is 4.37. The quantitative estimate of drug-likeness (QED) is 0.569. The Morgan fingerprint density at radius 2 is 2.07 bits per heavy atom. The van der Waals surface area contributed by atoms with Crippen molar-refractivity contribution in [3.05, 3.63) is 6.92 Å². The Hall–Kier alpha value is -0.870. The number of halogens is 2. The standard InChI is InChI=1S/C9H14F2NO2/c1-6-5-9(10,11)12(6)7(13)14-8(2,3)4/h6H,1,5H2,2-4H3. The number of likely N-dealkylation sites (tertiary alicyclic amines) is 1. The second-order valence-electron chi connectivity index (χ2n) is 4.37. The van der Waals surface area contributed by atoms with Gasteiger partial charge in [-0.3, -0.25) is 0 Å². The third kappa shape index (κ3) is 2.13. The molecule has 0 bridgehead atoms. The second kappa shape index (κ2) is 3.07. The highest BCUT2D eigenvalue weighted by atomic mass is 19.3. The highest BCUT2D eigenvalue weighted by molar-refractivity contribution is 5.70. The summed E-state index contributed by atoms with van der Waals surface area (Å²) in [6.45, 7) is 8.29. The molecule has 1 fully saturated rings. The molecule has 1 unspecified atom stereocenters. The number of carbonyl (C=O) groups is 1. The second-order valence-corrected chi connectivity index (χ2v) is 4.37. The van der Waals surface area contributed by atoms with Crippen LogP contribution in [0.5, 0.6) is 0 Å². The highest BCUT2D eigenvalue weighted by Crippen LogP contribution is 2.39. The van der Waals surface area contributed by atoms with Crippen molar-refractivity contribution in [2.45, 2.75) is 44.9 Å². The van der Waals surface area contributed by atoms with E-state index in [1.165, 1.54) is 0 Å². The Morgan fingerprint density at radius 1 is 1.57 bits per heavy atom. The maximum absolute atomic E-state index is 12.9. The molecule has 1 radical (unpaired) electrons. The smallest absolute Gasteiger partial charge is 0.415 e. The molecule has 0 N–H and O–H groups in total. The van der Waals surface area contributed by atoms with Crippen LogP contribution in [-0.4, -0.2) is 28.7 Å². The molecule has 0 saturated carbocycles. The first-order chi connectivity index (χ1) is 6.13. The molecule has 0 aromatic carbocycles. The number of nitrogens with zero attached hydrogens (tertiary/aromatic N) is 1. The number of hydrogen-bond donors (Lipinski definition) is 0. The zero-order valence-electron chi connectivity index (χ0n) is 8.51. The van der Waals surface area contributed by atoms with E-state index in [1.54, 1.807) is 20.8 Å². The van der Waals surface area contributed by atoms with E-state index in [9.17, 15) is 13.6 Å². The van der Waals surface area contributed by atoms with Crippen LogP contribution in [0.3, 0.4) is 0 Å². The van der Waals surface area contributed by atoms with Gasteiger partial charge in [0.1, 0.15) is 5.60 Å². The zero-order chi connectivity index (χ0) is 11.1. The Morgan fingerprint density at radius 3 is 2.36 bits per heavy atom. The van der Waals surface area contributed by atoms with Crippen molar-refractivity contribution in [3.63, 3.8) is 0 Å². The molecule has 14 heavy (non-hydrogen) atoms. The third-order valence-corrected chi connectivity index (χ3v) is 1.79. The predicted octanol–water partition coefficient (Wildman–Crippen LogP) is 2.42. The van der Waals surface area contributed by atoms with Gasteiger partial charge in [0.25, 0.3) is 0 Å². The monoisotopic (exact) mass is 206 g/mol. The van der Waals surface area contributed by atoms with Crippen LogP contribution < -0.4 is 0 Å². The average Bonchev–Trinajstić information content (AvgIpc) is 1.77.